The highest BCUT2D eigenvalue weighted by Crippen LogP contribution is 2.25. The van der Waals surface area contributed by atoms with Gasteiger partial charge in [0.25, 0.3) is 0 Å². The number of carbonyl (C=O) groups excluding carboxylic acids is 2. The molecule has 5 aromatic rings. The minimum absolute atomic E-state index is 0.125. The van der Waals surface area contributed by atoms with Gasteiger partial charge in [0.05, 0.1) is 25.8 Å². The first-order valence-electron chi connectivity index (χ1n) is 14.7. The van der Waals surface area contributed by atoms with Crippen LogP contribution >= 0.6 is 11.3 Å². The van der Waals surface area contributed by atoms with Gasteiger partial charge in [-0.3, -0.25) is 14.6 Å². The molecule has 1 aliphatic rings. The van der Waals surface area contributed by atoms with E-state index in [1.54, 1.807) is 36.2 Å². The molecule has 6 rings (SSSR count). The van der Waals surface area contributed by atoms with Crippen molar-refractivity contribution in [3.05, 3.63) is 83.9 Å². The van der Waals surface area contributed by atoms with Crippen molar-refractivity contribution in [3.8, 4) is 5.75 Å². The Labute approximate surface area is 268 Å². The van der Waals surface area contributed by atoms with Crippen molar-refractivity contribution in [2.24, 2.45) is 0 Å². The van der Waals surface area contributed by atoms with Gasteiger partial charge in [-0.2, -0.15) is 0 Å². The van der Waals surface area contributed by atoms with E-state index in [0.717, 1.165) is 35.8 Å². The summed E-state index contributed by atoms with van der Waals surface area (Å²) in [7, 11) is 1.63. The van der Waals surface area contributed by atoms with E-state index in [2.05, 4.69) is 56.5 Å². The molecule has 0 saturated carbocycles. The molecule has 0 aliphatic carbocycles. The van der Waals surface area contributed by atoms with E-state index in [4.69, 9.17) is 4.74 Å². The van der Waals surface area contributed by atoms with Gasteiger partial charge in [0, 0.05) is 50.1 Å². The molecule has 5 heterocycles. The summed E-state index contributed by atoms with van der Waals surface area (Å²) in [4.78, 5) is 31.1. The fourth-order valence-corrected chi connectivity index (χ4v) is 5.62. The number of pyridine rings is 1. The van der Waals surface area contributed by atoms with Crippen LogP contribution in [0.2, 0.25) is 0 Å². The highest BCUT2D eigenvalue weighted by Gasteiger charge is 2.25. The number of nitrogens with zero attached hydrogens (tertiary/aromatic N) is 9. The molecule has 3 N–H and O–H groups in total. The average Bonchev–Trinajstić information content (AvgIpc) is 3.84. The summed E-state index contributed by atoms with van der Waals surface area (Å²) in [6.07, 6.45) is 5.23. The van der Waals surface area contributed by atoms with Crippen molar-refractivity contribution in [1.82, 2.24) is 40.4 Å². The number of methoxy groups -OCH3 is 1. The SMILES string of the molecule is COc1ccc(Cn2cc(CCC(=O)Nc3ccc(N4CC[C@H](Nc5nnc(NC(=O)Cc6ccccn6)s5)C4)nn3)nn2)cc1. The Hall–Kier alpha value is -5.51. The Morgan fingerprint density at radius 3 is 2.59 bits per heavy atom. The third-order valence-corrected chi connectivity index (χ3v) is 7.96. The lowest BCUT2D eigenvalue weighted by Crippen LogP contribution is -2.26. The number of hydrogen-bond acceptors (Lipinski definition) is 13. The molecule has 0 radical (unpaired) electrons. The Morgan fingerprint density at radius 1 is 0.935 bits per heavy atom. The largest absolute Gasteiger partial charge is 0.497 e. The molecular formula is C30H32N12O3S. The average molecular weight is 641 g/mol. The van der Waals surface area contributed by atoms with Crippen LogP contribution in [-0.4, -0.2) is 78.4 Å². The molecule has 1 aromatic carbocycles. The van der Waals surface area contributed by atoms with Crippen molar-refractivity contribution in [2.45, 2.75) is 38.3 Å². The summed E-state index contributed by atoms with van der Waals surface area (Å²) in [6.45, 7) is 2.06. The van der Waals surface area contributed by atoms with E-state index in [9.17, 15) is 9.59 Å². The van der Waals surface area contributed by atoms with Crippen LogP contribution in [0.1, 0.15) is 29.8 Å². The molecule has 236 valence electrons. The first-order valence-corrected chi connectivity index (χ1v) is 15.5. The Morgan fingerprint density at radius 2 is 1.80 bits per heavy atom. The van der Waals surface area contributed by atoms with Crippen molar-refractivity contribution in [2.75, 3.05) is 41.0 Å². The number of amides is 2. The van der Waals surface area contributed by atoms with Crippen LogP contribution in [-0.2, 0) is 29.0 Å². The van der Waals surface area contributed by atoms with Crippen LogP contribution in [0.5, 0.6) is 5.75 Å². The number of hydrogen-bond donors (Lipinski definition) is 3. The van der Waals surface area contributed by atoms with Gasteiger partial charge in [-0.15, -0.1) is 25.5 Å². The zero-order valence-corrected chi connectivity index (χ0v) is 25.9. The molecular weight excluding hydrogens is 608 g/mol. The number of carbonyl (C=O) groups is 2. The fourth-order valence-electron chi connectivity index (χ4n) is 4.88. The second-order valence-electron chi connectivity index (χ2n) is 10.6. The molecule has 0 bridgehead atoms. The highest BCUT2D eigenvalue weighted by atomic mass is 32.1. The number of benzene rings is 1. The maximum atomic E-state index is 12.5. The van der Waals surface area contributed by atoms with Crippen LogP contribution in [0.25, 0.3) is 0 Å². The fraction of sp³-hybridized carbons (Fsp3) is 0.300. The van der Waals surface area contributed by atoms with Crippen LogP contribution in [0, 0.1) is 0 Å². The molecule has 16 heteroatoms. The predicted molar refractivity (Wildman–Crippen MR) is 172 cm³/mol. The second kappa shape index (κ2) is 14.5. The number of aromatic nitrogens is 8. The predicted octanol–water partition coefficient (Wildman–Crippen LogP) is 2.81. The molecule has 1 atom stereocenters. The molecule has 2 amide bonds. The van der Waals surface area contributed by atoms with E-state index in [0.29, 0.717) is 41.3 Å². The standard InChI is InChI=1S/C30H32N12O3S/c1-45-24-8-5-20(6-9-24)17-42-19-23(35-40-42)7-12-27(43)33-25-10-11-26(37-36-25)41-15-13-22(18-41)32-29-38-39-30(46-29)34-28(44)16-21-4-2-3-14-31-21/h2-6,8-11,14,19,22H,7,12-13,15-18H2,1H3,(H,32,38)(H,33,36,43)(H,34,39,44)/t22-/m0/s1. The lowest BCUT2D eigenvalue weighted by Gasteiger charge is -2.17. The van der Waals surface area contributed by atoms with Crippen molar-refractivity contribution < 1.29 is 14.3 Å². The molecule has 1 saturated heterocycles. The zero-order valence-electron chi connectivity index (χ0n) is 25.0. The first kappa shape index (κ1) is 30.5. The van der Waals surface area contributed by atoms with Crippen LogP contribution in [0.3, 0.4) is 0 Å². The summed E-state index contributed by atoms with van der Waals surface area (Å²) < 4.78 is 6.94. The maximum absolute atomic E-state index is 12.5. The number of aryl methyl sites for hydroxylation is 1. The van der Waals surface area contributed by atoms with E-state index < -0.39 is 0 Å². The summed E-state index contributed by atoms with van der Waals surface area (Å²) in [5.41, 5.74) is 2.49. The summed E-state index contributed by atoms with van der Waals surface area (Å²) in [5.74, 6) is 1.53. The lowest BCUT2D eigenvalue weighted by molar-refractivity contribution is -0.116. The van der Waals surface area contributed by atoms with E-state index in [1.165, 1.54) is 11.3 Å². The van der Waals surface area contributed by atoms with Gasteiger partial charge in [-0.25, -0.2) is 4.68 Å². The molecule has 15 nitrogen and oxygen atoms in total. The van der Waals surface area contributed by atoms with Crippen molar-refractivity contribution >= 4 is 45.0 Å². The van der Waals surface area contributed by atoms with Gasteiger partial charge in [0.2, 0.25) is 22.1 Å². The van der Waals surface area contributed by atoms with Gasteiger partial charge in [-0.05, 0) is 48.4 Å². The third-order valence-electron chi connectivity index (χ3n) is 7.19. The second-order valence-corrected chi connectivity index (χ2v) is 11.6. The Balaban J connectivity index is 0.917. The summed E-state index contributed by atoms with van der Waals surface area (Å²) in [5, 5.41) is 35.1. The number of ether oxygens (including phenoxy) is 1. The van der Waals surface area contributed by atoms with Gasteiger partial charge in [0.15, 0.2) is 11.6 Å². The maximum Gasteiger partial charge on any atom is 0.232 e. The van der Waals surface area contributed by atoms with Gasteiger partial charge in [-0.1, -0.05) is 34.7 Å². The van der Waals surface area contributed by atoms with Crippen LogP contribution in [0.4, 0.5) is 21.9 Å². The quantitative estimate of drug-likeness (QED) is 0.172. The third kappa shape index (κ3) is 8.35. The molecule has 0 spiro atoms. The molecule has 1 aliphatic heterocycles. The molecule has 46 heavy (non-hydrogen) atoms. The topological polar surface area (TPSA) is 178 Å². The molecule has 1 fully saturated rings. The van der Waals surface area contributed by atoms with E-state index in [-0.39, 0.29) is 30.7 Å². The van der Waals surface area contributed by atoms with Gasteiger partial charge in [0.1, 0.15) is 5.75 Å². The minimum Gasteiger partial charge on any atom is -0.497 e. The van der Waals surface area contributed by atoms with E-state index in [1.807, 2.05) is 42.6 Å². The number of nitrogens with one attached hydrogen (secondary N) is 3. The van der Waals surface area contributed by atoms with Gasteiger partial charge >= 0.3 is 0 Å². The number of anilines is 4. The van der Waals surface area contributed by atoms with Crippen molar-refractivity contribution in [1.29, 1.82) is 0 Å². The minimum atomic E-state index is -0.197. The van der Waals surface area contributed by atoms with Crippen LogP contribution in [0.15, 0.2) is 67.0 Å². The molecule has 4 aromatic heterocycles. The van der Waals surface area contributed by atoms with Crippen LogP contribution < -0.4 is 25.6 Å². The number of rotatable bonds is 13. The zero-order chi connectivity index (χ0) is 31.7. The highest BCUT2D eigenvalue weighted by molar-refractivity contribution is 7.19. The van der Waals surface area contributed by atoms with Gasteiger partial charge < -0.3 is 25.6 Å². The Bertz CT molecular complexity index is 1750. The monoisotopic (exact) mass is 640 g/mol. The van der Waals surface area contributed by atoms with E-state index >= 15 is 0 Å². The molecule has 0 unspecified atom stereocenters. The Kier molecular flexibility index (Phi) is 9.63. The summed E-state index contributed by atoms with van der Waals surface area (Å²) in [6, 6.07) is 16.9. The normalized spacial score (nSPS) is 14.2. The first-order chi connectivity index (χ1) is 22.5. The smallest absolute Gasteiger partial charge is 0.232 e. The van der Waals surface area contributed by atoms with Crippen molar-refractivity contribution in [3.63, 3.8) is 0 Å². The summed E-state index contributed by atoms with van der Waals surface area (Å²) >= 11 is 1.28. The lowest BCUT2D eigenvalue weighted by atomic mass is 10.2.